The monoisotopic (exact) mass is 371 g/mol. The van der Waals surface area contributed by atoms with Gasteiger partial charge in [-0.1, -0.05) is 12.8 Å². The Balaban J connectivity index is 1.42. The topological polar surface area (TPSA) is 82.4 Å². The highest BCUT2D eigenvalue weighted by molar-refractivity contribution is 5.77. The Hall–Kier alpha value is -2.83. The van der Waals surface area contributed by atoms with E-state index in [1.54, 1.807) is 43.8 Å². The van der Waals surface area contributed by atoms with Crippen LogP contribution in [0.5, 0.6) is 11.5 Å². The molecular weight excluding hydrogens is 346 g/mol. The maximum Gasteiger partial charge on any atom is 0.258 e. The molecular formula is C20H25N3O4. The van der Waals surface area contributed by atoms with Crippen LogP contribution in [0.25, 0.3) is 0 Å². The number of carbonyl (C=O) groups excluding carboxylic acids is 1. The van der Waals surface area contributed by atoms with E-state index < -0.39 is 0 Å². The second-order valence-corrected chi connectivity index (χ2v) is 6.64. The molecule has 0 atom stereocenters. The van der Waals surface area contributed by atoms with Gasteiger partial charge in [0.05, 0.1) is 19.1 Å². The van der Waals surface area contributed by atoms with Crippen molar-refractivity contribution in [3.63, 3.8) is 0 Å². The highest BCUT2D eigenvalue weighted by Crippen LogP contribution is 2.32. The van der Waals surface area contributed by atoms with Gasteiger partial charge in [0, 0.05) is 25.1 Å². The van der Waals surface area contributed by atoms with Gasteiger partial charge in [-0.15, -0.1) is 0 Å². The number of methoxy groups -OCH3 is 1. The molecule has 0 radical (unpaired) electrons. The van der Waals surface area contributed by atoms with Crippen LogP contribution >= 0.6 is 0 Å². The molecule has 1 aromatic carbocycles. The van der Waals surface area contributed by atoms with E-state index in [0.717, 1.165) is 24.3 Å². The third-order valence-electron chi connectivity index (χ3n) is 4.78. The molecule has 0 aliphatic heterocycles. The number of benzene rings is 1. The molecule has 1 N–H and O–H groups in total. The second kappa shape index (κ2) is 9.21. The number of rotatable bonds is 8. The highest BCUT2D eigenvalue weighted by Gasteiger charge is 2.18. The summed E-state index contributed by atoms with van der Waals surface area (Å²) in [5.74, 6) is 1.50. The fourth-order valence-electron chi connectivity index (χ4n) is 3.24. The molecule has 144 valence electrons. The summed E-state index contributed by atoms with van der Waals surface area (Å²) >= 11 is 0. The zero-order valence-electron chi connectivity index (χ0n) is 15.5. The second-order valence-electron chi connectivity index (χ2n) is 6.64. The molecule has 0 saturated heterocycles. The molecule has 1 aliphatic carbocycles. The van der Waals surface area contributed by atoms with Gasteiger partial charge in [0.1, 0.15) is 11.5 Å². The Kier molecular flexibility index (Phi) is 6.46. The van der Waals surface area contributed by atoms with E-state index in [9.17, 15) is 9.59 Å². The third-order valence-corrected chi connectivity index (χ3v) is 4.78. The molecule has 2 aromatic rings. The smallest absolute Gasteiger partial charge is 0.258 e. The number of amides is 1. The van der Waals surface area contributed by atoms with E-state index in [0.29, 0.717) is 24.8 Å². The molecule has 1 aliphatic rings. The number of nitrogens with zero attached hydrogens (tertiary/aromatic N) is 2. The van der Waals surface area contributed by atoms with E-state index in [1.807, 2.05) is 0 Å². The van der Waals surface area contributed by atoms with Gasteiger partial charge in [-0.3, -0.25) is 14.2 Å². The number of ether oxygens (including phenoxy) is 2. The van der Waals surface area contributed by atoms with Crippen molar-refractivity contribution in [1.82, 2.24) is 14.9 Å². The minimum Gasteiger partial charge on any atom is -0.497 e. The lowest BCUT2D eigenvalue weighted by atomic mass is 10.0. The van der Waals surface area contributed by atoms with Crippen LogP contribution in [-0.2, 0) is 11.3 Å². The molecule has 0 bridgehead atoms. The lowest BCUT2D eigenvalue weighted by Gasteiger charge is -2.11. The molecule has 1 saturated carbocycles. The van der Waals surface area contributed by atoms with Crippen LogP contribution in [-0.4, -0.2) is 35.7 Å². The molecule has 1 fully saturated rings. The van der Waals surface area contributed by atoms with Crippen LogP contribution in [0, 0.1) is 0 Å². The largest absolute Gasteiger partial charge is 0.497 e. The van der Waals surface area contributed by atoms with Crippen molar-refractivity contribution in [3.05, 3.63) is 52.7 Å². The molecule has 7 nitrogen and oxygen atoms in total. The predicted octanol–water partition coefficient (Wildman–Crippen LogP) is 2.10. The highest BCUT2D eigenvalue weighted by atomic mass is 16.5. The average Bonchev–Trinajstić information content (AvgIpc) is 3.23. The van der Waals surface area contributed by atoms with Crippen molar-refractivity contribution in [2.24, 2.45) is 0 Å². The number of nitrogens with one attached hydrogen (secondary N) is 1. The molecule has 0 unspecified atom stereocenters. The van der Waals surface area contributed by atoms with Crippen molar-refractivity contribution < 1.29 is 14.3 Å². The molecule has 1 amide bonds. The summed E-state index contributed by atoms with van der Waals surface area (Å²) in [7, 11) is 1.59. The van der Waals surface area contributed by atoms with Gasteiger partial charge in [-0.25, -0.2) is 4.98 Å². The van der Waals surface area contributed by atoms with E-state index >= 15 is 0 Å². The van der Waals surface area contributed by atoms with Crippen molar-refractivity contribution in [2.45, 2.75) is 38.1 Å². The van der Waals surface area contributed by atoms with E-state index in [-0.39, 0.29) is 18.1 Å². The minimum absolute atomic E-state index is 0.0735. The van der Waals surface area contributed by atoms with Crippen molar-refractivity contribution in [2.75, 3.05) is 20.3 Å². The summed E-state index contributed by atoms with van der Waals surface area (Å²) in [4.78, 5) is 28.5. The molecule has 1 heterocycles. The first-order valence-corrected chi connectivity index (χ1v) is 9.25. The summed E-state index contributed by atoms with van der Waals surface area (Å²) in [6.45, 7) is 0.639. The van der Waals surface area contributed by atoms with Gasteiger partial charge in [0.15, 0.2) is 6.61 Å². The first kappa shape index (κ1) is 18.9. The fraction of sp³-hybridized carbons (Fsp3) is 0.450. The summed E-state index contributed by atoms with van der Waals surface area (Å²) < 4.78 is 12.0. The Morgan fingerprint density at radius 2 is 1.93 bits per heavy atom. The molecule has 27 heavy (non-hydrogen) atoms. The lowest BCUT2D eigenvalue weighted by Crippen LogP contribution is -2.33. The SMILES string of the molecule is COc1ccc(OCC(=O)NCCn2cnc(C3CCCC3)cc2=O)cc1. The van der Waals surface area contributed by atoms with Crippen LogP contribution in [0.15, 0.2) is 41.5 Å². The fourth-order valence-corrected chi connectivity index (χ4v) is 3.24. The summed E-state index contributed by atoms with van der Waals surface area (Å²) in [5, 5.41) is 2.74. The quantitative estimate of drug-likeness (QED) is 0.768. The zero-order valence-corrected chi connectivity index (χ0v) is 15.5. The minimum atomic E-state index is -0.241. The van der Waals surface area contributed by atoms with Crippen LogP contribution < -0.4 is 20.3 Å². The van der Waals surface area contributed by atoms with Crippen molar-refractivity contribution in [1.29, 1.82) is 0 Å². The third kappa shape index (κ3) is 5.32. The number of aromatic nitrogens is 2. The van der Waals surface area contributed by atoms with Gasteiger partial charge >= 0.3 is 0 Å². The average molecular weight is 371 g/mol. The summed E-state index contributed by atoms with van der Waals surface area (Å²) in [6, 6.07) is 8.64. The lowest BCUT2D eigenvalue weighted by molar-refractivity contribution is -0.123. The Labute approximate surface area is 158 Å². The molecule has 7 heteroatoms. The van der Waals surface area contributed by atoms with E-state index in [4.69, 9.17) is 9.47 Å². The number of hydrogen-bond donors (Lipinski definition) is 1. The van der Waals surface area contributed by atoms with E-state index in [2.05, 4.69) is 10.3 Å². The maximum atomic E-state index is 12.2. The van der Waals surface area contributed by atoms with Crippen LogP contribution in [0.1, 0.15) is 37.3 Å². The predicted molar refractivity (Wildman–Crippen MR) is 101 cm³/mol. The first-order chi connectivity index (χ1) is 13.2. The van der Waals surface area contributed by atoms with Gasteiger partial charge < -0.3 is 14.8 Å². The summed E-state index contributed by atoms with van der Waals surface area (Å²) in [6.07, 6.45) is 6.22. The number of hydrogen-bond acceptors (Lipinski definition) is 5. The van der Waals surface area contributed by atoms with Gasteiger partial charge in [-0.05, 0) is 37.1 Å². The molecule has 0 spiro atoms. The van der Waals surface area contributed by atoms with Crippen LogP contribution in [0.2, 0.25) is 0 Å². The van der Waals surface area contributed by atoms with Crippen LogP contribution in [0.3, 0.4) is 0 Å². The van der Waals surface area contributed by atoms with Crippen LogP contribution in [0.4, 0.5) is 0 Å². The van der Waals surface area contributed by atoms with Gasteiger partial charge in [-0.2, -0.15) is 0 Å². The molecule has 1 aromatic heterocycles. The zero-order chi connectivity index (χ0) is 19.1. The standard InChI is InChI=1S/C20H25N3O4/c1-26-16-6-8-17(9-7-16)27-13-19(24)21-10-11-23-14-22-18(12-20(23)25)15-4-2-3-5-15/h6-9,12,14-15H,2-5,10-11,13H2,1H3,(H,21,24). The van der Waals surface area contributed by atoms with Crippen molar-refractivity contribution in [3.8, 4) is 11.5 Å². The number of carbonyl (C=O) groups is 1. The van der Waals surface area contributed by atoms with Gasteiger partial charge in [0.25, 0.3) is 11.5 Å². The maximum absolute atomic E-state index is 12.2. The summed E-state index contributed by atoms with van der Waals surface area (Å²) in [5.41, 5.74) is 0.821. The van der Waals surface area contributed by atoms with Crippen molar-refractivity contribution >= 4 is 5.91 Å². The van der Waals surface area contributed by atoms with Gasteiger partial charge in [0.2, 0.25) is 0 Å². The molecule has 3 rings (SSSR count). The first-order valence-electron chi connectivity index (χ1n) is 9.25. The Morgan fingerprint density at radius 3 is 2.59 bits per heavy atom. The van der Waals surface area contributed by atoms with E-state index in [1.165, 1.54) is 17.4 Å². The Morgan fingerprint density at radius 1 is 1.22 bits per heavy atom. The Bertz CT molecular complexity index is 811. The normalized spacial score (nSPS) is 14.1.